The van der Waals surface area contributed by atoms with Crippen molar-refractivity contribution in [1.29, 1.82) is 5.26 Å². The summed E-state index contributed by atoms with van der Waals surface area (Å²) in [4.78, 5) is 14.6. The molecule has 0 N–H and O–H groups in total. The summed E-state index contributed by atoms with van der Waals surface area (Å²) in [6.45, 7) is 12.5. The molecule has 0 fully saturated rings. The Hall–Kier alpha value is -8.92. The SMILES string of the molecule is Cc1nc(C)nc(-c2cc(-n3c4cc(-c5ccccc5C)ccc4c4ccc(-c5ccccc5C)cc43)c(C#N)c(-n3c4cc(-c5ccccc5C)ccc4c4ccc(-c5ccccc5C)cc43)c2)n1. The highest BCUT2D eigenvalue weighted by atomic mass is 15.0. The Morgan fingerprint density at radius 1 is 0.343 bits per heavy atom. The average Bonchev–Trinajstić information content (AvgIpc) is 3.87. The van der Waals surface area contributed by atoms with Crippen molar-refractivity contribution in [1.82, 2.24) is 24.1 Å². The highest BCUT2D eigenvalue weighted by Gasteiger charge is 2.25. The van der Waals surface area contributed by atoms with E-state index in [1.807, 2.05) is 13.8 Å². The van der Waals surface area contributed by atoms with Crippen LogP contribution in [0.25, 0.3) is 111 Å². The molecule has 9 aromatic carbocycles. The zero-order valence-corrected chi connectivity index (χ0v) is 40.0. The monoisotopic (exact) mass is 900 g/mol. The van der Waals surface area contributed by atoms with Crippen molar-refractivity contribution in [3.8, 4) is 73.3 Å². The number of fused-ring (bicyclic) bond motifs is 6. The molecule has 12 rings (SSSR count). The van der Waals surface area contributed by atoms with Gasteiger partial charge in [-0.1, -0.05) is 146 Å². The van der Waals surface area contributed by atoms with Crippen LogP contribution < -0.4 is 0 Å². The lowest BCUT2D eigenvalue weighted by Gasteiger charge is -2.19. The van der Waals surface area contributed by atoms with Crippen molar-refractivity contribution in [3.05, 3.63) is 221 Å². The lowest BCUT2D eigenvalue weighted by Crippen LogP contribution is -2.07. The Morgan fingerprint density at radius 3 is 0.929 bits per heavy atom. The van der Waals surface area contributed by atoms with Crippen LogP contribution in [0.4, 0.5) is 0 Å². The smallest absolute Gasteiger partial charge is 0.163 e. The summed E-state index contributed by atoms with van der Waals surface area (Å²) in [5.41, 5.74) is 20.5. The fourth-order valence-corrected chi connectivity index (χ4v) is 10.8. The van der Waals surface area contributed by atoms with Crippen molar-refractivity contribution < 1.29 is 0 Å². The quantitative estimate of drug-likeness (QED) is 0.160. The normalized spacial score (nSPS) is 11.6. The number of rotatable bonds is 7. The molecule has 0 saturated heterocycles. The van der Waals surface area contributed by atoms with Crippen LogP contribution in [-0.2, 0) is 0 Å². The van der Waals surface area contributed by atoms with E-state index in [0.717, 1.165) is 105 Å². The molecule has 0 bridgehead atoms. The molecule has 0 radical (unpaired) electrons. The van der Waals surface area contributed by atoms with Crippen LogP contribution >= 0.6 is 0 Å². The second-order valence-corrected chi connectivity index (χ2v) is 18.6. The molecule has 0 atom stereocenters. The molecular formula is C64H48N6. The Labute approximate surface area is 407 Å². The van der Waals surface area contributed by atoms with Gasteiger partial charge < -0.3 is 9.13 Å². The molecule has 0 spiro atoms. The van der Waals surface area contributed by atoms with Crippen molar-refractivity contribution in [2.75, 3.05) is 0 Å². The zero-order valence-electron chi connectivity index (χ0n) is 40.0. The van der Waals surface area contributed by atoms with Crippen molar-refractivity contribution in [2.45, 2.75) is 41.5 Å². The number of nitrogens with zero attached hydrogens (tertiary/aromatic N) is 6. The minimum atomic E-state index is 0.522. The lowest BCUT2D eigenvalue weighted by molar-refractivity contribution is 0.927. The fourth-order valence-electron chi connectivity index (χ4n) is 10.8. The largest absolute Gasteiger partial charge is 0.308 e. The van der Waals surface area contributed by atoms with Crippen LogP contribution in [-0.4, -0.2) is 24.1 Å². The first-order valence-corrected chi connectivity index (χ1v) is 23.8. The van der Waals surface area contributed by atoms with Gasteiger partial charge in [-0.25, -0.2) is 15.0 Å². The Bertz CT molecular complexity index is 3700. The van der Waals surface area contributed by atoms with Crippen LogP contribution in [0.2, 0.25) is 0 Å². The van der Waals surface area contributed by atoms with Gasteiger partial charge in [0.1, 0.15) is 23.3 Å². The van der Waals surface area contributed by atoms with Gasteiger partial charge in [0.05, 0.1) is 33.4 Å². The van der Waals surface area contributed by atoms with Crippen molar-refractivity contribution in [2.24, 2.45) is 0 Å². The molecule has 3 aromatic heterocycles. The number of aryl methyl sites for hydroxylation is 6. The third-order valence-electron chi connectivity index (χ3n) is 14.2. The van der Waals surface area contributed by atoms with Gasteiger partial charge in [-0.2, -0.15) is 5.26 Å². The van der Waals surface area contributed by atoms with Gasteiger partial charge in [0.15, 0.2) is 5.82 Å². The molecule has 0 amide bonds. The van der Waals surface area contributed by atoms with Gasteiger partial charge in [-0.05, 0) is 145 Å². The first-order valence-electron chi connectivity index (χ1n) is 23.8. The van der Waals surface area contributed by atoms with E-state index in [9.17, 15) is 5.26 Å². The molecule has 6 heteroatoms. The van der Waals surface area contributed by atoms with Gasteiger partial charge in [0, 0.05) is 27.1 Å². The maximum absolute atomic E-state index is 12.0. The predicted octanol–water partition coefficient (Wildman–Crippen LogP) is 16.1. The molecule has 0 unspecified atom stereocenters. The Balaban J connectivity index is 1.25. The number of aromatic nitrogens is 5. The lowest BCUT2D eigenvalue weighted by atomic mass is 9.98. The molecular weight excluding hydrogens is 853 g/mol. The van der Waals surface area contributed by atoms with Gasteiger partial charge in [-0.15, -0.1) is 0 Å². The standard InChI is InChI=1S/C64H48N6/c1-38-15-7-11-19-49(38)44-23-27-53-54-28-24-45(50-20-12-8-16-39(50)2)32-59(54)69(58(53)31-44)62-35-48(64-67-42(5)66-43(6)68-64)36-63(57(62)37-65)70-60-33-46(51-21-13-9-17-40(51)3)25-29-55(60)56-30-26-47(34-61(56)70)52-22-14-10-18-41(52)4/h7-36H,1-6H3. The van der Waals surface area contributed by atoms with Crippen LogP contribution in [0.3, 0.4) is 0 Å². The second-order valence-electron chi connectivity index (χ2n) is 18.6. The maximum atomic E-state index is 12.0. The molecule has 12 aromatic rings. The summed E-state index contributed by atoms with van der Waals surface area (Å²) in [5, 5.41) is 16.4. The average molecular weight is 901 g/mol. The topological polar surface area (TPSA) is 72.3 Å². The third kappa shape index (κ3) is 6.97. The summed E-state index contributed by atoms with van der Waals surface area (Å²) < 4.78 is 4.62. The fraction of sp³-hybridized carbons (Fsp3) is 0.0938. The highest BCUT2D eigenvalue weighted by Crippen LogP contribution is 2.44. The zero-order chi connectivity index (χ0) is 47.8. The minimum absolute atomic E-state index is 0.522. The molecule has 0 saturated carbocycles. The van der Waals surface area contributed by atoms with Crippen molar-refractivity contribution >= 4 is 43.6 Å². The molecule has 0 aliphatic rings. The second kappa shape index (κ2) is 16.7. The van der Waals surface area contributed by atoms with E-state index in [-0.39, 0.29) is 0 Å². The van der Waals surface area contributed by atoms with Gasteiger partial charge in [0.2, 0.25) is 0 Å². The number of hydrogen-bond acceptors (Lipinski definition) is 4. The number of hydrogen-bond donors (Lipinski definition) is 0. The third-order valence-corrected chi connectivity index (χ3v) is 14.2. The van der Waals surface area contributed by atoms with E-state index >= 15 is 0 Å². The molecule has 70 heavy (non-hydrogen) atoms. The molecule has 0 aliphatic carbocycles. The first kappa shape index (κ1) is 42.4. The van der Waals surface area contributed by atoms with Crippen molar-refractivity contribution in [3.63, 3.8) is 0 Å². The van der Waals surface area contributed by atoms with Crippen LogP contribution in [0.15, 0.2) is 182 Å². The van der Waals surface area contributed by atoms with E-state index in [1.165, 1.54) is 22.3 Å². The molecule has 3 heterocycles. The number of nitriles is 1. The predicted molar refractivity (Wildman–Crippen MR) is 289 cm³/mol. The summed E-state index contributed by atoms with van der Waals surface area (Å²) in [5.74, 6) is 1.79. The summed E-state index contributed by atoms with van der Waals surface area (Å²) in [7, 11) is 0. The number of benzene rings is 9. The van der Waals surface area contributed by atoms with Gasteiger partial charge >= 0.3 is 0 Å². The van der Waals surface area contributed by atoms with Gasteiger partial charge in [0.25, 0.3) is 0 Å². The van der Waals surface area contributed by atoms with Crippen LogP contribution in [0.1, 0.15) is 39.5 Å². The minimum Gasteiger partial charge on any atom is -0.308 e. The van der Waals surface area contributed by atoms with Crippen LogP contribution in [0.5, 0.6) is 0 Å². The molecule has 0 aliphatic heterocycles. The highest BCUT2D eigenvalue weighted by molar-refractivity contribution is 6.13. The van der Waals surface area contributed by atoms with E-state index in [4.69, 9.17) is 9.97 Å². The summed E-state index contributed by atoms with van der Waals surface area (Å²) in [6, 6.07) is 68.2. The summed E-state index contributed by atoms with van der Waals surface area (Å²) >= 11 is 0. The Morgan fingerprint density at radius 2 is 0.643 bits per heavy atom. The molecule has 6 nitrogen and oxygen atoms in total. The Kier molecular flexibility index (Phi) is 10.1. The van der Waals surface area contributed by atoms with Crippen LogP contribution in [0, 0.1) is 52.9 Å². The molecule has 334 valence electrons. The first-order chi connectivity index (χ1) is 34.1. The van der Waals surface area contributed by atoms with E-state index in [2.05, 4.69) is 230 Å². The van der Waals surface area contributed by atoms with E-state index in [0.29, 0.717) is 23.0 Å². The maximum Gasteiger partial charge on any atom is 0.163 e. The van der Waals surface area contributed by atoms with E-state index in [1.54, 1.807) is 0 Å². The van der Waals surface area contributed by atoms with Gasteiger partial charge in [-0.3, -0.25) is 0 Å². The summed E-state index contributed by atoms with van der Waals surface area (Å²) in [6.07, 6.45) is 0. The van der Waals surface area contributed by atoms with E-state index < -0.39 is 0 Å².